The van der Waals surface area contributed by atoms with E-state index in [9.17, 15) is 14.4 Å². The molecule has 1 aliphatic rings. The molecule has 1 aromatic heterocycles. The van der Waals surface area contributed by atoms with Crippen LogP contribution in [0.15, 0.2) is 73.1 Å². The van der Waals surface area contributed by atoms with Gasteiger partial charge in [-0.3, -0.25) is 14.6 Å². The number of nitrogens with one attached hydrogen (secondary N) is 3. The van der Waals surface area contributed by atoms with Crippen molar-refractivity contribution in [1.29, 1.82) is 0 Å². The summed E-state index contributed by atoms with van der Waals surface area (Å²) >= 11 is 0. The normalized spacial score (nSPS) is 17.0. The summed E-state index contributed by atoms with van der Waals surface area (Å²) in [5.74, 6) is 0.436. The Kier molecular flexibility index (Phi) is 12.6. The largest absolute Gasteiger partial charge is 0.489 e. The average molecular weight is 629 g/mol. The minimum absolute atomic E-state index is 0.116. The first-order valence-electron chi connectivity index (χ1n) is 16.4. The topological polar surface area (TPSA) is 119 Å². The second kappa shape index (κ2) is 16.8. The van der Waals surface area contributed by atoms with Crippen molar-refractivity contribution < 1.29 is 23.9 Å². The van der Waals surface area contributed by atoms with E-state index in [2.05, 4.69) is 27.9 Å². The third kappa shape index (κ3) is 11.5. The van der Waals surface area contributed by atoms with Gasteiger partial charge in [-0.15, -0.1) is 0 Å². The van der Waals surface area contributed by atoms with Gasteiger partial charge in [0.15, 0.2) is 0 Å². The van der Waals surface area contributed by atoms with Crippen LogP contribution < -0.4 is 20.7 Å². The number of amides is 3. The monoisotopic (exact) mass is 628 g/mol. The number of aromatic nitrogens is 1. The Hall–Kier alpha value is -4.40. The van der Waals surface area contributed by atoms with Crippen molar-refractivity contribution in [2.75, 3.05) is 11.9 Å². The van der Waals surface area contributed by atoms with Gasteiger partial charge in [-0.2, -0.15) is 0 Å². The average Bonchev–Trinajstić information content (AvgIpc) is 3.04. The fourth-order valence-corrected chi connectivity index (χ4v) is 5.55. The summed E-state index contributed by atoms with van der Waals surface area (Å²) in [6, 6.07) is 18.5. The van der Waals surface area contributed by atoms with Gasteiger partial charge >= 0.3 is 6.09 Å². The molecule has 4 rings (SSSR count). The minimum atomic E-state index is -0.752. The lowest BCUT2D eigenvalue weighted by atomic mass is 9.81. The second-order valence-corrected chi connectivity index (χ2v) is 13.1. The standard InChI is InChI=1S/C37H48N4O5/c1-5-6-26-9-15-31(16-10-26)40-35(43)33(23-27-11-17-32(18-12-27)45-25-29-19-21-38-22-20-29)41-34(42)30-13-7-28(8-14-30)24-39-36(44)46-37(2,3)4/h9-12,15-22,28,30,33H,5-8,13-14,23-25H2,1-4H3,(H,39,44)(H,40,43)(H,41,42)/t28?,30?,33-/m0/s1. The Morgan fingerprint density at radius 3 is 2.15 bits per heavy atom. The molecular formula is C37H48N4O5. The molecular weight excluding hydrogens is 580 g/mol. The van der Waals surface area contributed by atoms with Gasteiger partial charge in [-0.1, -0.05) is 37.6 Å². The summed E-state index contributed by atoms with van der Waals surface area (Å²) in [4.78, 5) is 43.1. The van der Waals surface area contributed by atoms with Gasteiger partial charge < -0.3 is 25.4 Å². The summed E-state index contributed by atoms with van der Waals surface area (Å²) < 4.78 is 11.2. The molecule has 3 amide bonds. The van der Waals surface area contributed by atoms with Crippen LogP contribution in [0.2, 0.25) is 0 Å². The number of aryl methyl sites for hydroxylation is 1. The third-order valence-electron chi connectivity index (χ3n) is 8.06. The summed E-state index contributed by atoms with van der Waals surface area (Å²) in [5, 5.41) is 8.92. The summed E-state index contributed by atoms with van der Waals surface area (Å²) in [7, 11) is 0. The maximum atomic E-state index is 13.6. The highest BCUT2D eigenvalue weighted by Crippen LogP contribution is 2.29. The zero-order valence-corrected chi connectivity index (χ0v) is 27.5. The molecule has 246 valence electrons. The van der Waals surface area contributed by atoms with Gasteiger partial charge in [-0.05, 0) is 112 Å². The summed E-state index contributed by atoms with van der Waals surface area (Å²) in [6.07, 6.45) is 8.44. The van der Waals surface area contributed by atoms with Gasteiger partial charge in [0.2, 0.25) is 11.8 Å². The predicted molar refractivity (Wildman–Crippen MR) is 179 cm³/mol. The molecule has 0 unspecified atom stereocenters. The van der Waals surface area contributed by atoms with E-state index < -0.39 is 17.7 Å². The molecule has 1 heterocycles. The van der Waals surface area contributed by atoms with E-state index in [1.807, 2.05) is 81.4 Å². The quantitative estimate of drug-likeness (QED) is 0.196. The van der Waals surface area contributed by atoms with Crippen LogP contribution in [0.25, 0.3) is 0 Å². The Bertz CT molecular complexity index is 1400. The number of pyridine rings is 1. The van der Waals surface area contributed by atoms with Crippen molar-refractivity contribution >= 4 is 23.6 Å². The molecule has 1 saturated carbocycles. The fourth-order valence-electron chi connectivity index (χ4n) is 5.55. The van der Waals surface area contributed by atoms with E-state index in [0.717, 1.165) is 42.6 Å². The number of anilines is 1. The van der Waals surface area contributed by atoms with E-state index in [1.54, 1.807) is 12.4 Å². The van der Waals surface area contributed by atoms with Crippen LogP contribution in [0.3, 0.4) is 0 Å². The van der Waals surface area contributed by atoms with E-state index >= 15 is 0 Å². The summed E-state index contributed by atoms with van der Waals surface area (Å²) in [6.45, 7) is 8.59. The Balaban J connectivity index is 1.35. The molecule has 46 heavy (non-hydrogen) atoms. The molecule has 0 aliphatic heterocycles. The van der Waals surface area contributed by atoms with Crippen molar-refractivity contribution in [3.05, 3.63) is 89.7 Å². The fraction of sp³-hybridized carbons (Fsp3) is 0.459. The number of alkyl carbamates (subject to hydrolysis) is 1. The van der Waals surface area contributed by atoms with Crippen LogP contribution in [0.1, 0.15) is 76.5 Å². The first-order chi connectivity index (χ1) is 22.1. The number of hydrogen-bond acceptors (Lipinski definition) is 6. The molecule has 3 aromatic rings. The minimum Gasteiger partial charge on any atom is -0.489 e. The first kappa shape index (κ1) is 34.5. The molecule has 1 atom stereocenters. The highest BCUT2D eigenvalue weighted by Gasteiger charge is 2.30. The zero-order chi connectivity index (χ0) is 32.9. The predicted octanol–water partition coefficient (Wildman–Crippen LogP) is 6.61. The molecule has 0 radical (unpaired) electrons. The number of carbonyl (C=O) groups is 3. The maximum absolute atomic E-state index is 13.6. The van der Waals surface area contributed by atoms with Gasteiger partial charge in [-0.25, -0.2) is 4.79 Å². The molecule has 0 spiro atoms. The van der Waals surface area contributed by atoms with Crippen LogP contribution in [0.4, 0.5) is 10.5 Å². The molecule has 1 fully saturated rings. The highest BCUT2D eigenvalue weighted by molar-refractivity contribution is 5.97. The van der Waals surface area contributed by atoms with Gasteiger partial charge in [0.05, 0.1) is 0 Å². The lowest BCUT2D eigenvalue weighted by Crippen LogP contribution is -2.48. The Morgan fingerprint density at radius 2 is 1.52 bits per heavy atom. The third-order valence-corrected chi connectivity index (χ3v) is 8.06. The first-order valence-corrected chi connectivity index (χ1v) is 16.4. The number of rotatable bonds is 13. The molecule has 9 heteroatoms. The number of benzene rings is 2. The Labute approximate surface area is 272 Å². The van der Waals surface area contributed by atoms with E-state index in [1.165, 1.54) is 5.56 Å². The van der Waals surface area contributed by atoms with Crippen LogP contribution in [0, 0.1) is 11.8 Å². The maximum Gasteiger partial charge on any atom is 0.407 e. The van der Waals surface area contributed by atoms with Crippen LogP contribution in [-0.4, -0.2) is 41.1 Å². The van der Waals surface area contributed by atoms with Crippen molar-refractivity contribution in [1.82, 2.24) is 15.6 Å². The second-order valence-electron chi connectivity index (χ2n) is 13.1. The van der Waals surface area contributed by atoms with Crippen molar-refractivity contribution in [3.63, 3.8) is 0 Å². The lowest BCUT2D eigenvalue weighted by Gasteiger charge is -2.29. The number of carbonyl (C=O) groups excluding carboxylic acids is 3. The van der Waals surface area contributed by atoms with E-state index in [0.29, 0.717) is 38.1 Å². The zero-order valence-electron chi connectivity index (χ0n) is 27.5. The van der Waals surface area contributed by atoms with Crippen molar-refractivity contribution in [3.8, 4) is 5.75 Å². The molecule has 9 nitrogen and oxygen atoms in total. The lowest BCUT2D eigenvalue weighted by molar-refractivity contribution is -0.130. The van der Waals surface area contributed by atoms with Gasteiger partial charge in [0.25, 0.3) is 0 Å². The SMILES string of the molecule is CCCc1ccc(NC(=O)[C@H](Cc2ccc(OCc3ccncc3)cc2)NC(=O)C2CCC(CNC(=O)OC(C)(C)C)CC2)cc1. The number of nitrogens with zero attached hydrogens (tertiary/aromatic N) is 1. The van der Waals surface area contributed by atoms with Crippen LogP contribution in [-0.2, 0) is 33.8 Å². The molecule has 2 aromatic carbocycles. The molecule has 1 aliphatic carbocycles. The van der Waals surface area contributed by atoms with Crippen molar-refractivity contribution in [2.45, 2.75) is 90.9 Å². The highest BCUT2D eigenvalue weighted by atomic mass is 16.6. The summed E-state index contributed by atoms with van der Waals surface area (Å²) in [5.41, 5.74) is 3.30. The number of hydrogen-bond donors (Lipinski definition) is 3. The molecule has 0 bridgehead atoms. The Morgan fingerprint density at radius 1 is 0.870 bits per heavy atom. The van der Waals surface area contributed by atoms with E-state index in [4.69, 9.17) is 9.47 Å². The van der Waals surface area contributed by atoms with Crippen molar-refractivity contribution in [2.24, 2.45) is 11.8 Å². The number of ether oxygens (including phenoxy) is 2. The molecule has 0 saturated heterocycles. The smallest absolute Gasteiger partial charge is 0.407 e. The van der Waals surface area contributed by atoms with Gasteiger partial charge in [0, 0.05) is 37.0 Å². The molecule has 3 N–H and O–H groups in total. The van der Waals surface area contributed by atoms with Gasteiger partial charge in [0.1, 0.15) is 24.0 Å². The van der Waals surface area contributed by atoms with E-state index in [-0.39, 0.29) is 23.7 Å². The van der Waals surface area contributed by atoms with Crippen LogP contribution >= 0.6 is 0 Å². The van der Waals surface area contributed by atoms with Crippen LogP contribution in [0.5, 0.6) is 5.75 Å².